The average Bonchev–Trinajstić information content (AvgIpc) is 2.52. The summed E-state index contributed by atoms with van der Waals surface area (Å²) >= 11 is 0. The molecule has 1 atom stereocenters. The summed E-state index contributed by atoms with van der Waals surface area (Å²) in [5, 5.41) is 9.01. The van der Waals surface area contributed by atoms with Crippen LogP contribution >= 0.6 is 0 Å². The fourth-order valence-corrected chi connectivity index (χ4v) is 2.07. The molecule has 24 heavy (non-hydrogen) atoms. The molecule has 7 heteroatoms. The van der Waals surface area contributed by atoms with E-state index in [1.54, 1.807) is 0 Å². The van der Waals surface area contributed by atoms with Crippen molar-refractivity contribution in [3.63, 3.8) is 0 Å². The Morgan fingerprint density at radius 2 is 1.75 bits per heavy atom. The van der Waals surface area contributed by atoms with E-state index in [2.05, 4.69) is 41.6 Å². The first kappa shape index (κ1) is 22.8. The highest BCUT2D eigenvalue weighted by molar-refractivity contribution is 5.82. The van der Waals surface area contributed by atoms with E-state index in [9.17, 15) is 9.59 Å². The Labute approximate surface area is 147 Å². The number of carbonyl (C=O) groups is 2. The van der Waals surface area contributed by atoms with Crippen LogP contribution in [-0.2, 0) is 9.59 Å². The smallest absolute Gasteiger partial charge is 0.236 e. The minimum atomic E-state index is -0.614. The maximum absolute atomic E-state index is 11.8. The summed E-state index contributed by atoms with van der Waals surface area (Å²) in [5.41, 5.74) is 5.80. The number of rotatable bonds is 14. The summed E-state index contributed by atoms with van der Waals surface area (Å²) < 4.78 is 0. The average molecular weight is 344 g/mol. The van der Waals surface area contributed by atoms with Gasteiger partial charge in [-0.2, -0.15) is 0 Å². The van der Waals surface area contributed by atoms with E-state index < -0.39 is 6.04 Å². The van der Waals surface area contributed by atoms with E-state index in [4.69, 9.17) is 5.73 Å². The zero-order valence-corrected chi connectivity index (χ0v) is 15.9. The largest absolute Gasteiger partial charge is 0.355 e. The lowest BCUT2D eigenvalue weighted by atomic mass is 10.1. The maximum atomic E-state index is 11.8. The molecule has 0 unspecified atom stereocenters. The quantitative estimate of drug-likeness (QED) is 0.334. The van der Waals surface area contributed by atoms with E-state index in [1.165, 1.54) is 0 Å². The van der Waals surface area contributed by atoms with Crippen LogP contribution in [0.2, 0.25) is 0 Å². The van der Waals surface area contributed by atoms with Crippen LogP contribution in [-0.4, -0.2) is 68.6 Å². The Balaban J connectivity index is 3.69. The standard InChI is InChI=1S/C17H37N5O2/c1-5-6-9-21-17(24)15(18)7-8-16(23)20-11-13-22(4)12-10-19-14(2)3/h14-15,19H,5-13,18H2,1-4H3,(H,20,23)(H,21,24)/t15-/m1/s1. The second-order valence-corrected chi connectivity index (χ2v) is 6.55. The number of likely N-dealkylation sites (N-methyl/N-ethyl adjacent to an activating group) is 1. The van der Waals surface area contributed by atoms with Crippen LogP contribution in [0.3, 0.4) is 0 Å². The summed E-state index contributed by atoms with van der Waals surface area (Å²) in [5.74, 6) is -0.228. The first-order chi connectivity index (χ1) is 11.4. The number of nitrogens with one attached hydrogen (secondary N) is 3. The minimum Gasteiger partial charge on any atom is -0.355 e. The zero-order valence-electron chi connectivity index (χ0n) is 15.9. The van der Waals surface area contributed by atoms with Crippen molar-refractivity contribution in [1.82, 2.24) is 20.9 Å². The maximum Gasteiger partial charge on any atom is 0.236 e. The predicted molar refractivity (Wildman–Crippen MR) is 98.8 cm³/mol. The monoisotopic (exact) mass is 343 g/mol. The van der Waals surface area contributed by atoms with Crippen molar-refractivity contribution in [1.29, 1.82) is 0 Å². The van der Waals surface area contributed by atoms with Gasteiger partial charge in [-0.1, -0.05) is 27.2 Å². The van der Waals surface area contributed by atoms with E-state index in [1.807, 2.05) is 7.05 Å². The SMILES string of the molecule is CCCCNC(=O)[C@H](N)CCC(=O)NCCN(C)CCNC(C)C. The minimum absolute atomic E-state index is 0.0551. The molecule has 0 aromatic rings. The first-order valence-electron chi connectivity index (χ1n) is 9.08. The molecule has 2 amide bonds. The van der Waals surface area contributed by atoms with Gasteiger partial charge in [-0.3, -0.25) is 9.59 Å². The second kappa shape index (κ2) is 14.2. The summed E-state index contributed by atoms with van der Waals surface area (Å²) in [6.07, 6.45) is 2.62. The van der Waals surface area contributed by atoms with Crippen molar-refractivity contribution >= 4 is 11.8 Å². The van der Waals surface area contributed by atoms with E-state index in [0.29, 0.717) is 25.6 Å². The molecule has 0 rings (SSSR count). The van der Waals surface area contributed by atoms with Crippen molar-refractivity contribution in [3.05, 3.63) is 0 Å². The Bertz CT molecular complexity index is 350. The van der Waals surface area contributed by atoms with Crippen molar-refractivity contribution in [2.75, 3.05) is 39.8 Å². The molecule has 0 aliphatic heterocycles. The van der Waals surface area contributed by atoms with Crippen LogP contribution in [0.25, 0.3) is 0 Å². The van der Waals surface area contributed by atoms with Crippen LogP contribution in [0.15, 0.2) is 0 Å². The van der Waals surface area contributed by atoms with Gasteiger partial charge in [0, 0.05) is 45.2 Å². The molecule has 0 radical (unpaired) electrons. The van der Waals surface area contributed by atoms with Gasteiger partial charge in [0.25, 0.3) is 0 Å². The summed E-state index contributed by atoms with van der Waals surface area (Å²) in [6, 6.07) is -0.126. The lowest BCUT2D eigenvalue weighted by molar-refractivity contribution is -0.123. The molecule has 0 aliphatic rings. The van der Waals surface area contributed by atoms with Crippen molar-refractivity contribution < 1.29 is 9.59 Å². The Kier molecular flexibility index (Phi) is 13.5. The number of nitrogens with two attached hydrogens (primary N) is 1. The summed E-state index contributed by atoms with van der Waals surface area (Å²) in [4.78, 5) is 25.7. The fraction of sp³-hybridized carbons (Fsp3) is 0.882. The van der Waals surface area contributed by atoms with Gasteiger partial charge in [0.1, 0.15) is 0 Å². The highest BCUT2D eigenvalue weighted by Crippen LogP contribution is 1.95. The van der Waals surface area contributed by atoms with Gasteiger partial charge >= 0.3 is 0 Å². The number of unbranched alkanes of at least 4 members (excludes halogenated alkanes) is 1. The molecule has 0 aromatic heterocycles. The van der Waals surface area contributed by atoms with E-state index in [0.717, 1.165) is 32.5 Å². The van der Waals surface area contributed by atoms with Gasteiger partial charge < -0.3 is 26.6 Å². The van der Waals surface area contributed by atoms with Crippen molar-refractivity contribution in [3.8, 4) is 0 Å². The molecule has 7 nitrogen and oxygen atoms in total. The fourth-order valence-electron chi connectivity index (χ4n) is 2.07. The molecule has 0 bridgehead atoms. The van der Waals surface area contributed by atoms with Crippen molar-refractivity contribution in [2.24, 2.45) is 5.73 Å². The van der Waals surface area contributed by atoms with Gasteiger partial charge in [-0.05, 0) is 19.9 Å². The molecule has 0 aromatic carbocycles. The number of nitrogens with zero attached hydrogens (tertiary/aromatic N) is 1. The van der Waals surface area contributed by atoms with Crippen LogP contribution in [0, 0.1) is 0 Å². The van der Waals surface area contributed by atoms with Gasteiger partial charge in [-0.15, -0.1) is 0 Å². The molecule has 0 saturated heterocycles. The molecule has 0 fully saturated rings. The second-order valence-electron chi connectivity index (χ2n) is 6.55. The van der Waals surface area contributed by atoms with E-state index in [-0.39, 0.29) is 18.2 Å². The first-order valence-corrected chi connectivity index (χ1v) is 9.08. The Hall–Kier alpha value is -1.18. The number of amides is 2. The third-order valence-corrected chi connectivity index (χ3v) is 3.71. The van der Waals surface area contributed by atoms with Crippen LogP contribution in [0.1, 0.15) is 46.5 Å². The molecule has 0 aliphatic carbocycles. The Morgan fingerprint density at radius 1 is 1.08 bits per heavy atom. The summed E-state index contributed by atoms with van der Waals surface area (Å²) in [7, 11) is 2.03. The third-order valence-electron chi connectivity index (χ3n) is 3.71. The number of carbonyl (C=O) groups excluding carboxylic acids is 2. The molecule has 0 heterocycles. The summed E-state index contributed by atoms with van der Waals surface area (Å²) in [6.45, 7) is 10.2. The molecule has 5 N–H and O–H groups in total. The Morgan fingerprint density at radius 3 is 2.38 bits per heavy atom. The molecule has 142 valence electrons. The molecular formula is C17H37N5O2. The molecular weight excluding hydrogens is 306 g/mol. The molecule has 0 saturated carbocycles. The van der Waals surface area contributed by atoms with Crippen LogP contribution < -0.4 is 21.7 Å². The van der Waals surface area contributed by atoms with E-state index >= 15 is 0 Å². The van der Waals surface area contributed by atoms with Gasteiger partial charge in [0.2, 0.25) is 11.8 Å². The third kappa shape index (κ3) is 13.3. The lowest BCUT2D eigenvalue weighted by Gasteiger charge is -2.18. The zero-order chi connectivity index (χ0) is 18.4. The normalized spacial score (nSPS) is 12.5. The number of hydrogen-bond donors (Lipinski definition) is 4. The van der Waals surface area contributed by atoms with Crippen molar-refractivity contribution in [2.45, 2.75) is 58.5 Å². The number of hydrogen-bond acceptors (Lipinski definition) is 5. The van der Waals surface area contributed by atoms with Gasteiger partial charge in [-0.25, -0.2) is 0 Å². The highest BCUT2D eigenvalue weighted by Gasteiger charge is 2.14. The molecule has 0 spiro atoms. The van der Waals surface area contributed by atoms with Crippen LogP contribution in [0.5, 0.6) is 0 Å². The predicted octanol–water partition coefficient (Wildman–Crippen LogP) is 0.0562. The lowest BCUT2D eigenvalue weighted by Crippen LogP contribution is -2.42. The topological polar surface area (TPSA) is 99.5 Å². The highest BCUT2D eigenvalue weighted by atomic mass is 16.2. The van der Waals surface area contributed by atoms with Crippen LogP contribution in [0.4, 0.5) is 0 Å². The van der Waals surface area contributed by atoms with Gasteiger partial charge in [0.15, 0.2) is 0 Å². The van der Waals surface area contributed by atoms with Gasteiger partial charge in [0.05, 0.1) is 6.04 Å².